The Morgan fingerprint density at radius 3 is 2.34 bits per heavy atom. The van der Waals surface area contributed by atoms with Gasteiger partial charge in [0.15, 0.2) is 11.5 Å². The molecule has 41 heavy (non-hydrogen) atoms. The summed E-state index contributed by atoms with van der Waals surface area (Å²) in [6, 6.07) is 19.3. The van der Waals surface area contributed by atoms with Gasteiger partial charge in [-0.3, -0.25) is 13.9 Å². The number of rotatable bonds is 12. The number of halogens is 1. The molecule has 3 aromatic rings. The van der Waals surface area contributed by atoms with E-state index in [0.717, 1.165) is 27.2 Å². The molecule has 0 saturated carbocycles. The second-order valence-electron chi connectivity index (χ2n) is 9.62. The molecular weight excluding hydrogens is 610 g/mol. The summed E-state index contributed by atoms with van der Waals surface area (Å²) in [7, 11) is -4.17. The molecule has 11 heteroatoms. The molecule has 1 aliphatic rings. The van der Waals surface area contributed by atoms with Crippen LogP contribution in [0.1, 0.15) is 32.3 Å². The number of sulfonamides is 1. The smallest absolute Gasteiger partial charge is 0.264 e. The number of hydrogen-bond donors (Lipinski definition) is 1. The van der Waals surface area contributed by atoms with Crippen molar-refractivity contribution in [3.63, 3.8) is 0 Å². The van der Waals surface area contributed by atoms with Crippen molar-refractivity contribution in [1.29, 1.82) is 0 Å². The first-order chi connectivity index (χ1) is 19.7. The van der Waals surface area contributed by atoms with Gasteiger partial charge in [0, 0.05) is 23.6 Å². The van der Waals surface area contributed by atoms with Crippen molar-refractivity contribution < 1.29 is 27.5 Å². The standard InChI is InChI=1S/C30H34BrN3O6S/c1-3-4-16-32-30(36)22(2)33(20-23-10-12-24(31)13-11-23)29(35)21-34(41(37,38)26-8-6-5-7-9-26)25-14-15-27-28(19-25)40-18-17-39-27/h5-15,19,22H,3-4,16-18,20-21H2,1-2H3,(H,32,36)/t22-/m1/s1. The van der Waals surface area contributed by atoms with Crippen molar-refractivity contribution in [2.75, 3.05) is 30.6 Å². The largest absolute Gasteiger partial charge is 0.486 e. The third-order valence-electron chi connectivity index (χ3n) is 6.69. The van der Waals surface area contributed by atoms with Crippen LogP contribution in [0.15, 0.2) is 82.2 Å². The van der Waals surface area contributed by atoms with Gasteiger partial charge in [-0.15, -0.1) is 0 Å². The zero-order valence-corrected chi connectivity index (χ0v) is 25.5. The Morgan fingerprint density at radius 2 is 1.66 bits per heavy atom. The number of hydrogen-bond acceptors (Lipinski definition) is 6. The Hall–Kier alpha value is -3.57. The van der Waals surface area contributed by atoms with E-state index in [-0.39, 0.29) is 23.0 Å². The van der Waals surface area contributed by atoms with Gasteiger partial charge in [-0.05, 0) is 55.3 Å². The Morgan fingerprint density at radius 1 is 0.976 bits per heavy atom. The molecule has 1 aliphatic heterocycles. The van der Waals surface area contributed by atoms with Gasteiger partial charge in [-0.1, -0.05) is 59.6 Å². The molecule has 1 atom stereocenters. The molecule has 218 valence electrons. The molecule has 0 fully saturated rings. The third kappa shape index (κ3) is 7.59. The number of benzene rings is 3. The SMILES string of the molecule is CCCCNC(=O)[C@@H](C)N(Cc1ccc(Br)cc1)C(=O)CN(c1ccc2c(c1)OCCO2)S(=O)(=O)c1ccccc1. The molecule has 1 heterocycles. The molecule has 0 aliphatic carbocycles. The van der Waals surface area contributed by atoms with Gasteiger partial charge in [0.25, 0.3) is 10.0 Å². The zero-order valence-electron chi connectivity index (χ0n) is 23.1. The van der Waals surface area contributed by atoms with E-state index in [4.69, 9.17) is 9.47 Å². The summed E-state index contributed by atoms with van der Waals surface area (Å²) < 4.78 is 41.1. The first-order valence-corrected chi connectivity index (χ1v) is 15.7. The van der Waals surface area contributed by atoms with Gasteiger partial charge in [-0.2, -0.15) is 0 Å². The zero-order chi connectivity index (χ0) is 29.4. The molecule has 4 rings (SSSR count). The Balaban J connectivity index is 1.70. The van der Waals surface area contributed by atoms with Crippen molar-refractivity contribution in [1.82, 2.24) is 10.2 Å². The van der Waals surface area contributed by atoms with Crippen LogP contribution >= 0.6 is 15.9 Å². The minimum Gasteiger partial charge on any atom is -0.486 e. The molecule has 2 amide bonds. The molecule has 0 unspecified atom stereocenters. The fourth-order valence-corrected chi connectivity index (χ4v) is 6.03. The minimum atomic E-state index is -4.17. The number of ether oxygens (including phenoxy) is 2. The quantitative estimate of drug-likeness (QED) is 0.286. The number of anilines is 1. The van der Waals surface area contributed by atoms with Crippen molar-refractivity contribution in [3.05, 3.63) is 82.8 Å². The lowest BCUT2D eigenvalue weighted by Gasteiger charge is -2.32. The van der Waals surface area contributed by atoms with Crippen LogP contribution in [0.25, 0.3) is 0 Å². The number of unbranched alkanes of at least 4 members (excludes halogenated alkanes) is 1. The van der Waals surface area contributed by atoms with Crippen LogP contribution in [-0.4, -0.2) is 57.5 Å². The van der Waals surface area contributed by atoms with Crippen LogP contribution in [0.3, 0.4) is 0 Å². The molecular formula is C30H34BrN3O6S. The highest BCUT2D eigenvalue weighted by molar-refractivity contribution is 9.10. The highest BCUT2D eigenvalue weighted by Crippen LogP contribution is 2.36. The molecule has 0 bridgehead atoms. The summed E-state index contributed by atoms with van der Waals surface area (Å²) >= 11 is 3.42. The Labute approximate surface area is 249 Å². The molecule has 0 spiro atoms. The molecule has 1 N–H and O–H groups in total. The number of fused-ring (bicyclic) bond motifs is 1. The van der Waals surface area contributed by atoms with Crippen molar-refractivity contribution in [3.8, 4) is 11.5 Å². The van der Waals surface area contributed by atoms with Crippen molar-refractivity contribution in [2.45, 2.75) is 44.2 Å². The molecule has 0 radical (unpaired) electrons. The van der Waals surface area contributed by atoms with E-state index in [1.165, 1.54) is 17.0 Å². The maximum absolute atomic E-state index is 14.0. The fourth-order valence-electron chi connectivity index (χ4n) is 4.34. The molecule has 0 aromatic heterocycles. The van der Waals surface area contributed by atoms with Gasteiger partial charge in [-0.25, -0.2) is 8.42 Å². The lowest BCUT2D eigenvalue weighted by atomic mass is 10.1. The Bertz CT molecular complexity index is 1450. The molecule has 0 saturated heterocycles. The summed E-state index contributed by atoms with van der Waals surface area (Å²) in [6.45, 7) is 4.48. The predicted octanol–water partition coefficient (Wildman–Crippen LogP) is 4.75. The highest BCUT2D eigenvalue weighted by Gasteiger charge is 2.33. The van der Waals surface area contributed by atoms with Crippen LogP contribution in [0.5, 0.6) is 11.5 Å². The van der Waals surface area contributed by atoms with Crippen LogP contribution < -0.4 is 19.1 Å². The summed E-state index contributed by atoms with van der Waals surface area (Å²) in [4.78, 5) is 28.5. The van der Waals surface area contributed by atoms with Gasteiger partial charge in [0.2, 0.25) is 11.8 Å². The predicted molar refractivity (Wildman–Crippen MR) is 160 cm³/mol. The summed E-state index contributed by atoms with van der Waals surface area (Å²) in [5, 5.41) is 2.89. The number of nitrogens with zero attached hydrogens (tertiary/aromatic N) is 2. The number of nitrogens with one attached hydrogen (secondary N) is 1. The van der Waals surface area contributed by atoms with Gasteiger partial charge in [0.05, 0.1) is 10.6 Å². The van der Waals surface area contributed by atoms with E-state index in [1.54, 1.807) is 43.3 Å². The Kier molecular flexibility index (Phi) is 10.3. The topological polar surface area (TPSA) is 105 Å². The first kappa shape index (κ1) is 30.4. The van der Waals surface area contributed by atoms with E-state index >= 15 is 0 Å². The van der Waals surface area contributed by atoms with E-state index in [0.29, 0.717) is 31.3 Å². The second-order valence-corrected chi connectivity index (χ2v) is 12.4. The summed E-state index contributed by atoms with van der Waals surface area (Å²) in [5.74, 6) is 0.0589. The summed E-state index contributed by atoms with van der Waals surface area (Å²) in [6.07, 6.45) is 1.73. The maximum Gasteiger partial charge on any atom is 0.264 e. The fraction of sp³-hybridized carbons (Fsp3) is 0.333. The lowest BCUT2D eigenvalue weighted by Crippen LogP contribution is -2.51. The minimum absolute atomic E-state index is 0.0347. The van der Waals surface area contributed by atoms with Crippen molar-refractivity contribution >= 4 is 43.5 Å². The maximum atomic E-state index is 14.0. The third-order valence-corrected chi connectivity index (χ3v) is 9.00. The lowest BCUT2D eigenvalue weighted by molar-refractivity contribution is -0.139. The highest BCUT2D eigenvalue weighted by atomic mass is 79.9. The van der Waals surface area contributed by atoms with Gasteiger partial charge in [0.1, 0.15) is 25.8 Å². The molecule has 9 nitrogen and oxygen atoms in total. The second kappa shape index (κ2) is 13.9. The van der Waals surface area contributed by atoms with Crippen LogP contribution in [0, 0.1) is 0 Å². The number of carbonyl (C=O) groups is 2. The number of amides is 2. The van der Waals surface area contributed by atoms with Gasteiger partial charge < -0.3 is 19.7 Å². The first-order valence-electron chi connectivity index (χ1n) is 13.5. The number of carbonyl (C=O) groups excluding carboxylic acids is 2. The van der Waals surface area contributed by atoms with Crippen LogP contribution in [0.2, 0.25) is 0 Å². The van der Waals surface area contributed by atoms with Crippen molar-refractivity contribution in [2.24, 2.45) is 0 Å². The average Bonchev–Trinajstić information content (AvgIpc) is 2.99. The van der Waals surface area contributed by atoms with E-state index in [1.807, 2.05) is 31.2 Å². The monoisotopic (exact) mass is 643 g/mol. The van der Waals surface area contributed by atoms with Gasteiger partial charge >= 0.3 is 0 Å². The average molecular weight is 645 g/mol. The summed E-state index contributed by atoms with van der Waals surface area (Å²) in [5.41, 5.74) is 1.04. The normalized spacial score (nSPS) is 13.2. The van der Waals surface area contributed by atoms with E-state index in [9.17, 15) is 18.0 Å². The van der Waals surface area contributed by atoms with E-state index in [2.05, 4.69) is 21.2 Å². The molecule has 3 aromatic carbocycles. The van der Waals surface area contributed by atoms with E-state index < -0.39 is 28.5 Å². The van der Waals surface area contributed by atoms with Crippen LogP contribution in [-0.2, 0) is 26.2 Å². The van der Waals surface area contributed by atoms with Crippen LogP contribution in [0.4, 0.5) is 5.69 Å².